The van der Waals surface area contributed by atoms with E-state index in [0.717, 1.165) is 8.95 Å². The molecule has 2 heterocycles. The van der Waals surface area contributed by atoms with Gasteiger partial charge in [0.2, 0.25) is 0 Å². The van der Waals surface area contributed by atoms with E-state index in [2.05, 4.69) is 62.8 Å². The maximum Gasteiger partial charge on any atom is 0.332 e. The Balaban J connectivity index is 1.52. The molecule has 30 heavy (non-hydrogen) atoms. The van der Waals surface area contributed by atoms with E-state index in [1.165, 1.54) is 17.2 Å². The summed E-state index contributed by atoms with van der Waals surface area (Å²) in [7, 11) is 0. The Morgan fingerprint density at radius 3 is 2.00 bits per heavy atom. The summed E-state index contributed by atoms with van der Waals surface area (Å²) in [6.45, 7) is 0. The van der Waals surface area contributed by atoms with Gasteiger partial charge in [-0.05, 0) is 48.5 Å². The van der Waals surface area contributed by atoms with Gasteiger partial charge in [0, 0.05) is 20.3 Å². The van der Waals surface area contributed by atoms with E-state index < -0.39 is 12.1 Å². The van der Waals surface area contributed by atoms with Gasteiger partial charge in [0.25, 0.3) is 0 Å². The molecule has 0 saturated carbocycles. The average molecular weight is 531 g/mol. The Morgan fingerprint density at radius 2 is 1.37 bits per heavy atom. The molecule has 4 rings (SSSR count). The monoisotopic (exact) mass is 529 g/mol. The molecule has 0 unspecified atom stereocenters. The van der Waals surface area contributed by atoms with Gasteiger partial charge in [-0.25, -0.2) is 29.1 Å². The summed E-state index contributed by atoms with van der Waals surface area (Å²) in [5, 5.41) is 8.09. The maximum absolute atomic E-state index is 12.6. The molecule has 2 aromatic heterocycles. The van der Waals surface area contributed by atoms with Crippen LogP contribution in [0, 0.1) is 0 Å². The fourth-order valence-corrected chi connectivity index (χ4v) is 3.12. The third kappa shape index (κ3) is 4.47. The van der Waals surface area contributed by atoms with E-state index in [1.807, 2.05) is 24.3 Å². The molecule has 2 aromatic carbocycles. The molecule has 0 aliphatic carbocycles. The minimum atomic E-state index is -0.494. The van der Waals surface area contributed by atoms with E-state index >= 15 is 0 Å². The number of amides is 3. The van der Waals surface area contributed by atoms with Crippen molar-refractivity contribution >= 4 is 72.3 Å². The molecule has 3 amide bonds. The van der Waals surface area contributed by atoms with Gasteiger partial charge in [0.1, 0.15) is 12.7 Å². The number of aromatic nitrogens is 4. The second-order valence-electron chi connectivity index (χ2n) is 6.03. The summed E-state index contributed by atoms with van der Waals surface area (Å²) in [5.41, 5.74) is 1.78. The van der Waals surface area contributed by atoms with Crippen LogP contribution in [0.25, 0.3) is 11.2 Å². The molecule has 0 aliphatic heterocycles. The number of carbonyl (C=O) groups excluding carboxylic acids is 2. The first-order chi connectivity index (χ1) is 14.5. The first-order valence-electron chi connectivity index (χ1n) is 8.58. The van der Waals surface area contributed by atoms with Gasteiger partial charge in [-0.2, -0.15) is 0 Å². The molecular weight excluding hydrogens is 518 g/mol. The molecule has 0 spiro atoms. The van der Waals surface area contributed by atoms with Gasteiger partial charge in [-0.3, -0.25) is 5.32 Å². The van der Waals surface area contributed by atoms with Gasteiger partial charge >= 0.3 is 12.1 Å². The molecule has 0 atom stereocenters. The van der Waals surface area contributed by atoms with Gasteiger partial charge in [-0.1, -0.05) is 31.9 Å². The van der Waals surface area contributed by atoms with E-state index in [9.17, 15) is 9.59 Å². The van der Waals surface area contributed by atoms with Crippen molar-refractivity contribution in [3.05, 3.63) is 70.1 Å². The molecule has 150 valence electrons. The van der Waals surface area contributed by atoms with Crippen molar-refractivity contribution in [2.45, 2.75) is 0 Å². The maximum atomic E-state index is 12.6. The Labute approximate surface area is 187 Å². The quantitative estimate of drug-likeness (QED) is 0.342. The zero-order chi connectivity index (χ0) is 21.1. The minimum Gasteiger partial charge on any atom is -0.308 e. The number of carbonyl (C=O) groups is 2. The number of fused-ring (bicyclic) bond motifs is 1. The molecule has 3 N–H and O–H groups in total. The fraction of sp³-hybridized carbons (Fsp3) is 0. The third-order valence-corrected chi connectivity index (χ3v) is 5.04. The van der Waals surface area contributed by atoms with Gasteiger partial charge in [0.15, 0.2) is 17.0 Å². The van der Waals surface area contributed by atoms with Crippen molar-refractivity contribution in [2.75, 3.05) is 16.0 Å². The van der Waals surface area contributed by atoms with Crippen molar-refractivity contribution in [3.8, 4) is 0 Å². The highest BCUT2D eigenvalue weighted by atomic mass is 79.9. The molecule has 0 bridgehead atoms. The highest BCUT2D eigenvalue weighted by Crippen LogP contribution is 2.20. The van der Waals surface area contributed by atoms with Crippen LogP contribution in [0.4, 0.5) is 26.8 Å². The number of nitrogens with one attached hydrogen (secondary N) is 3. The van der Waals surface area contributed by atoms with E-state index in [1.54, 1.807) is 24.3 Å². The summed E-state index contributed by atoms with van der Waals surface area (Å²) in [6.07, 6.45) is 2.58. The Morgan fingerprint density at radius 1 is 0.767 bits per heavy atom. The lowest BCUT2D eigenvalue weighted by molar-refractivity contribution is 0.254. The summed E-state index contributed by atoms with van der Waals surface area (Å²) >= 11 is 6.69. The van der Waals surface area contributed by atoms with E-state index in [0.29, 0.717) is 11.4 Å². The van der Waals surface area contributed by atoms with Crippen LogP contribution in [0.15, 0.2) is 70.1 Å². The smallest absolute Gasteiger partial charge is 0.308 e. The number of benzene rings is 2. The Hall–Kier alpha value is -3.31. The van der Waals surface area contributed by atoms with E-state index in [-0.39, 0.29) is 17.0 Å². The topological polar surface area (TPSA) is 114 Å². The highest BCUT2D eigenvalue weighted by Gasteiger charge is 2.16. The van der Waals surface area contributed by atoms with Crippen LogP contribution in [0.5, 0.6) is 0 Å². The van der Waals surface area contributed by atoms with Gasteiger partial charge in [-0.15, -0.1) is 0 Å². The lowest BCUT2D eigenvalue weighted by atomic mass is 10.3. The first-order valence-corrected chi connectivity index (χ1v) is 10.2. The standard InChI is InChI=1S/C19H13Br2N7O2/c20-11-1-5-13(6-2-11)25-18(29)27-16-15-17(23-9-22-16)28(10-24-15)19(30)26-14-7-3-12(21)4-8-14/h1-10H,(H,26,30)(H2,22,23,25,27,29). The van der Waals surface area contributed by atoms with Crippen LogP contribution in [0.1, 0.15) is 0 Å². The lowest BCUT2D eigenvalue weighted by Crippen LogP contribution is -2.21. The van der Waals surface area contributed by atoms with Crippen molar-refractivity contribution < 1.29 is 9.59 Å². The van der Waals surface area contributed by atoms with Gasteiger partial charge < -0.3 is 10.6 Å². The van der Waals surface area contributed by atoms with Crippen LogP contribution in [-0.2, 0) is 0 Å². The summed E-state index contributed by atoms with van der Waals surface area (Å²) in [4.78, 5) is 37.3. The molecule has 9 nitrogen and oxygen atoms in total. The molecule has 0 saturated heterocycles. The first kappa shape index (κ1) is 20.0. The number of urea groups is 1. The number of halogens is 2. The predicted molar refractivity (Wildman–Crippen MR) is 121 cm³/mol. The number of hydrogen-bond acceptors (Lipinski definition) is 5. The fourth-order valence-electron chi connectivity index (χ4n) is 2.59. The summed E-state index contributed by atoms with van der Waals surface area (Å²) < 4.78 is 3.05. The second kappa shape index (κ2) is 8.59. The predicted octanol–water partition coefficient (Wildman–Crippen LogP) is 5.08. The lowest BCUT2D eigenvalue weighted by Gasteiger charge is -2.08. The average Bonchev–Trinajstić information content (AvgIpc) is 3.17. The SMILES string of the molecule is O=C(Nc1ccc(Br)cc1)Nc1ncnc2c1ncn2C(=O)Nc1ccc(Br)cc1. The molecular formula is C19H13Br2N7O2. The number of anilines is 3. The number of nitrogens with zero attached hydrogens (tertiary/aromatic N) is 4. The van der Waals surface area contributed by atoms with Crippen molar-refractivity contribution in [2.24, 2.45) is 0 Å². The highest BCUT2D eigenvalue weighted by molar-refractivity contribution is 9.10. The number of imidazole rings is 1. The summed E-state index contributed by atoms with van der Waals surface area (Å²) in [6, 6.07) is 13.3. The molecule has 4 aromatic rings. The zero-order valence-corrected chi connectivity index (χ0v) is 18.3. The van der Waals surface area contributed by atoms with Crippen LogP contribution in [-0.4, -0.2) is 31.6 Å². The van der Waals surface area contributed by atoms with Crippen molar-refractivity contribution in [1.82, 2.24) is 19.5 Å². The molecule has 0 fully saturated rings. The van der Waals surface area contributed by atoms with Crippen LogP contribution in [0.2, 0.25) is 0 Å². The van der Waals surface area contributed by atoms with Crippen LogP contribution in [0.3, 0.4) is 0 Å². The summed E-state index contributed by atoms with van der Waals surface area (Å²) in [5.74, 6) is 0.185. The molecule has 11 heteroatoms. The third-order valence-electron chi connectivity index (χ3n) is 3.98. The Kier molecular flexibility index (Phi) is 5.72. The van der Waals surface area contributed by atoms with E-state index in [4.69, 9.17) is 0 Å². The molecule has 0 aliphatic rings. The second-order valence-corrected chi connectivity index (χ2v) is 7.86. The van der Waals surface area contributed by atoms with Gasteiger partial charge in [0.05, 0.1) is 0 Å². The number of hydrogen-bond donors (Lipinski definition) is 3. The van der Waals surface area contributed by atoms with Crippen molar-refractivity contribution in [3.63, 3.8) is 0 Å². The number of rotatable bonds is 3. The van der Waals surface area contributed by atoms with Crippen molar-refractivity contribution in [1.29, 1.82) is 0 Å². The van der Waals surface area contributed by atoms with Crippen LogP contribution >= 0.6 is 31.9 Å². The normalized spacial score (nSPS) is 10.6. The van der Waals surface area contributed by atoms with Crippen LogP contribution < -0.4 is 16.0 Å². The largest absolute Gasteiger partial charge is 0.332 e. The minimum absolute atomic E-state index is 0.185. The molecule has 0 radical (unpaired) electrons. The Bertz CT molecular complexity index is 1220. The zero-order valence-electron chi connectivity index (χ0n) is 15.1.